The summed E-state index contributed by atoms with van der Waals surface area (Å²) >= 11 is 7.93. The Morgan fingerprint density at radius 1 is 1.31 bits per heavy atom. The first-order valence-electron chi connectivity index (χ1n) is 5.39. The lowest BCUT2D eigenvalue weighted by Crippen LogP contribution is -2.20. The summed E-state index contributed by atoms with van der Waals surface area (Å²) in [5.41, 5.74) is 1.80. The standard InChI is InChI=1S/C11H18ClN3S/c1-5-16-6-7(2)13-11-10(12)14-8(3)9(4)15-11/h7H,5-6H2,1-4H3,(H,13,15). The summed E-state index contributed by atoms with van der Waals surface area (Å²) in [6.07, 6.45) is 0. The van der Waals surface area contributed by atoms with Crippen LogP contribution in [0, 0.1) is 13.8 Å². The van der Waals surface area contributed by atoms with Crippen molar-refractivity contribution in [2.24, 2.45) is 0 Å². The lowest BCUT2D eigenvalue weighted by atomic mass is 10.3. The van der Waals surface area contributed by atoms with Crippen LogP contribution >= 0.6 is 23.4 Å². The number of nitrogens with zero attached hydrogens (tertiary/aromatic N) is 2. The minimum atomic E-state index is 0.346. The number of thioether (sulfide) groups is 1. The molecule has 0 radical (unpaired) electrons. The normalized spacial score (nSPS) is 12.6. The Morgan fingerprint density at radius 3 is 2.56 bits per heavy atom. The fraction of sp³-hybridized carbons (Fsp3) is 0.636. The number of nitrogens with one attached hydrogen (secondary N) is 1. The topological polar surface area (TPSA) is 37.8 Å². The van der Waals surface area contributed by atoms with Gasteiger partial charge in [0.1, 0.15) is 0 Å². The van der Waals surface area contributed by atoms with Crippen molar-refractivity contribution in [2.45, 2.75) is 33.7 Å². The first-order valence-corrected chi connectivity index (χ1v) is 6.92. The largest absolute Gasteiger partial charge is 0.364 e. The van der Waals surface area contributed by atoms with E-state index in [2.05, 4.69) is 29.1 Å². The molecule has 1 aromatic heterocycles. The molecule has 90 valence electrons. The molecule has 1 aromatic rings. The summed E-state index contributed by atoms with van der Waals surface area (Å²) in [6.45, 7) is 8.12. The fourth-order valence-corrected chi connectivity index (χ4v) is 2.13. The van der Waals surface area contributed by atoms with Crippen molar-refractivity contribution in [1.82, 2.24) is 9.97 Å². The van der Waals surface area contributed by atoms with E-state index in [1.165, 1.54) is 0 Å². The molecule has 5 heteroatoms. The average molecular weight is 260 g/mol. The second-order valence-corrected chi connectivity index (χ2v) is 5.42. The predicted octanol–water partition coefficient (Wildman–Crippen LogP) is 3.30. The molecule has 0 spiro atoms. The highest BCUT2D eigenvalue weighted by molar-refractivity contribution is 7.99. The number of hydrogen-bond donors (Lipinski definition) is 1. The molecule has 1 unspecified atom stereocenters. The van der Waals surface area contributed by atoms with Crippen LogP contribution in [-0.2, 0) is 0 Å². The third-order valence-electron chi connectivity index (χ3n) is 2.22. The van der Waals surface area contributed by atoms with Crippen LogP contribution in [0.25, 0.3) is 0 Å². The minimum Gasteiger partial charge on any atom is -0.364 e. The Kier molecular flexibility index (Phi) is 5.35. The second-order valence-electron chi connectivity index (χ2n) is 3.74. The number of aromatic nitrogens is 2. The molecular weight excluding hydrogens is 242 g/mol. The molecule has 0 bridgehead atoms. The summed E-state index contributed by atoms with van der Waals surface area (Å²) in [7, 11) is 0. The Bertz CT molecular complexity index is 357. The lowest BCUT2D eigenvalue weighted by Gasteiger charge is -2.15. The maximum Gasteiger partial charge on any atom is 0.171 e. The van der Waals surface area contributed by atoms with Gasteiger partial charge in [-0.15, -0.1) is 0 Å². The van der Waals surface area contributed by atoms with Crippen molar-refractivity contribution in [2.75, 3.05) is 16.8 Å². The van der Waals surface area contributed by atoms with Crippen LogP contribution in [0.15, 0.2) is 0 Å². The minimum absolute atomic E-state index is 0.346. The molecule has 0 aromatic carbocycles. The number of anilines is 1. The van der Waals surface area contributed by atoms with Crippen LogP contribution in [0.1, 0.15) is 25.2 Å². The van der Waals surface area contributed by atoms with Gasteiger partial charge in [-0.2, -0.15) is 11.8 Å². The van der Waals surface area contributed by atoms with E-state index in [4.69, 9.17) is 11.6 Å². The lowest BCUT2D eigenvalue weighted by molar-refractivity contribution is 0.890. The molecule has 1 atom stereocenters. The number of hydrogen-bond acceptors (Lipinski definition) is 4. The highest BCUT2D eigenvalue weighted by Crippen LogP contribution is 2.19. The van der Waals surface area contributed by atoms with Crippen molar-refractivity contribution in [3.05, 3.63) is 16.5 Å². The first kappa shape index (κ1) is 13.6. The molecular formula is C11H18ClN3S. The summed E-state index contributed by atoms with van der Waals surface area (Å²) in [5, 5.41) is 3.74. The Balaban J connectivity index is 2.69. The van der Waals surface area contributed by atoms with E-state index in [1.54, 1.807) is 0 Å². The van der Waals surface area contributed by atoms with Gasteiger partial charge in [0.25, 0.3) is 0 Å². The summed E-state index contributed by atoms with van der Waals surface area (Å²) in [4.78, 5) is 8.65. The average Bonchev–Trinajstić information content (AvgIpc) is 2.23. The van der Waals surface area contributed by atoms with E-state index < -0.39 is 0 Å². The summed E-state index contributed by atoms with van der Waals surface area (Å²) in [6, 6.07) is 0.346. The van der Waals surface area contributed by atoms with Crippen LogP contribution in [-0.4, -0.2) is 27.5 Å². The molecule has 0 fully saturated rings. The molecule has 0 aliphatic heterocycles. The molecule has 1 heterocycles. The van der Waals surface area contributed by atoms with Crippen LogP contribution in [0.4, 0.5) is 5.82 Å². The number of rotatable bonds is 5. The molecule has 0 saturated heterocycles. The maximum atomic E-state index is 6.04. The molecule has 0 amide bonds. The molecule has 1 rings (SSSR count). The molecule has 1 N–H and O–H groups in total. The van der Waals surface area contributed by atoms with E-state index in [1.807, 2.05) is 25.6 Å². The van der Waals surface area contributed by atoms with Gasteiger partial charge in [-0.05, 0) is 26.5 Å². The zero-order valence-electron chi connectivity index (χ0n) is 10.2. The van der Waals surface area contributed by atoms with Crippen LogP contribution in [0.5, 0.6) is 0 Å². The second kappa shape index (κ2) is 6.30. The van der Waals surface area contributed by atoms with Gasteiger partial charge >= 0.3 is 0 Å². The Morgan fingerprint density at radius 2 is 1.94 bits per heavy atom. The van der Waals surface area contributed by atoms with E-state index in [-0.39, 0.29) is 0 Å². The molecule has 0 saturated carbocycles. The van der Waals surface area contributed by atoms with Crippen LogP contribution in [0.3, 0.4) is 0 Å². The summed E-state index contributed by atoms with van der Waals surface area (Å²) in [5.74, 6) is 2.86. The van der Waals surface area contributed by atoms with Gasteiger partial charge in [-0.25, -0.2) is 9.97 Å². The third-order valence-corrected chi connectivity index (χ3v) is 3.63. The number of aryl methyl sites for hydroxylation is 2. The van der Waals surface area contributed by atoms with Crippen LogP contribution in [0.2, 0.25) is 5.15 Å². The van der Waals surface area contributed by atoms with Crippen molar-refractivity contribution < 1.29 is 0 Å². The fourth-order valence-electron chi connectivity index (χ4n) is 1.24. The van der Waals surface area contributed by atoms with Crippen LogP contribution < -0.4 is 5.32 Å². The molecule has 3 nitrogen and oxygen atoms in total. The zero-order chi connectivity index (χ0) is 12.1. The van der Waals surface area contributed by atoms with Crippen molar-refractivity contribution in [1.29, 1.82) is 0 Å². The first-order chi connectivity index (χ1) is 7.54. The summed E-state index contributed by atoms with van der Waals surface area (Å²) < 4.78 is 0. The van der Waals surface area contributed by atoms with Gasteiger partial charge < -0.3 is 5.32 Å². The van der Waals surface area contributed by atoms with Gasteiger partial charge in [-0.3, -0.25) is 0 Å². The van der Waals surface area contributed by atoms with Crippen molar-refractivity contribution in [3.8, 4) is 0 Å². The zero-order valence-corrected chi connectivity index (χ0v) is 11.7. The van der Waals surface area contributed by atoms with Gasteiger partial charge in [0.2, 0.25) is 0 Å². The van der Waals surface area contributed by atoms with Gasteiger partial charge in [0.15, 0.2) is 11.0 Å². The smallest absolute Gasteiger partial charge is 0.171 e. The van der Waals surface area contributed by atoms with Crippen molar-refractivity contribution in [3.63, 3.8) is 0 Å². The maximum absolute atomic E-state index is 6.04. The van der Waals surface area contributed by atoms with E-state index in [0.29, 0.717) is 17.0 Å². The Labute approximate surface area is 106 Å². The molecule has 16 heavy (non-hydrogen) atoms. The highest BCUT2D eigenvalue weighted by atomic mass is 35.5. The highest BCUT2D eigenvalue weighted by Gasteiger charge is 2.09. The van der Waals surface area contributed by atoms with E-state index in [0.717, 1.165) is 22.9 Å². The predicted molar refractivity (Wildman–Crippen MR) is 72.6 cm³/mol. The quantitative estimate of drug-likeness (QED) is 0.881. The SMILES string of the molecule is CCSCC(C)Nc1nc(C)c(C)nc1Cl. The molecule has 0 aliphatic carbocycles. The molecule has 0 aliphatic rings. The van der Waals surface area contributed by atoms with E-state index >= 15 is 0 Å². The van der Waals surface area contributed by atoms with Gasteiger partial charge in [-0.1, -0.05) is 18.5 Å². The monoisotopic (exact) mass is 259 g/mol. The van der Waals surface area contributed by atoms with Crippen molar-refractivity contribution >= 4 is 29.2 Å². The van der Waals surface area contributed by atoms with Gasteiger partial charge in [0.05, 0.1) is 11.4 Å². The van der Waals surface area contributed by atoms with E-state index in [9.17, 15) is 0 Å². The third kappa shape index (κ3) is 3.83. The Hall–Kier alpha value is -0.480. The number of halogens is 1. The van der Waals surface area contributed by atoms with Gasteiger partial charge in [0, 0.05) is 11.8 Å².